The molecule has 0 amide bonds. The lowest BCUT2D eigenvalue weighted by Gasteiger charge is -2.26. The maximum atomic E-state index is 12.5. The van der Waals surface area contributed by atoms with Crippen molar-refractivity contribution in [2.75, 3.05) is 20.3 Å². The zero-order chi connectivity index (χ0) is 17.2. The van der Waals surface area contributed by atoms with E-state index in [4.69, 9.17) is 25.8 Å². The molecule has 2 aromatic rings. The summed E-state index contributed by atoms with van der Waals surface area (Å²) in [6.45, 7) is 0.318. The van der Waals surface area contributed by atoms with Gasteiger partial charge in [0.1, 0.15) is 23.4 Å². The predicted molar refractivity (Wildman–Crippen MR) is 89.5 cm³/mol. The fourth-order valence-corrected chi connectivity index (χ4v) is 3.80. The van der Waals surface area contributed by atoms with Gasteiger partial charge in [-0.15, -0.1) is 0 Å². The van der Waals surface area contributed by atoms with Crippen molar-refractivity contribution in [1.82, 2.24) is 4.72 Å². The molecule has 0 bridgehead atoms. The summed E-state index contributed by atoms with van der Waals surface area (Å²) in [5, 5.41) is 0.308. The highest BCUT2D eigenvalue weighted by Crippen LogP contribution is 2.31. The summed E-state index contributed by atoms with van der Waals surface area (Å²) in [7, 11) is -2.40. The fraction of sp³-hybridized carbons (Fsp3) is 0.250. The SMILES string of the molecule is COc1ccc(Cl)cc1S(=O)(=O)NC[C@H]1COc2ccccc2O1. The first-order valence-corrected chi connectivity index (χ1v) is 9.07. The summed E-state index contributed by atoms with van der Waals surface area (Å²) in [5.41, 5.74) is 0. The molecule has 2 aromatic carbocycles. The highest BCUT2D eigenvalue weighted by atomic mass is 35.5. The van der Waals surface area contributed by atoms with Crippen LogP contribution in [0, 0.1) is 0 Å². The van der Waals surface area contributed by atoms with Crippen LogP contribution in [0.1, 0.15) is 0 Å². The number of benzene rings is 2. The third kappa shape index (κ3) is 3.58. The summed E-state index contributed by atoms with van der Waals surface area (Å²) in [5.74, 6) is 1.46. The minimum atomic E-state index is -3.80. The van der Waals surface area contributed by atoms with E-state index in [0.29, 0.717) is 16.5 Å². The highest BCUT2D eigenvalue weighted by molar-refractivity contribution is 7.89. The second-order valence-electron chi connectivity index (χ2n) is 5.14. The zero-order valence-corrected chi connectivity index (χ0v) is 14.4. The number of hydrogen-bond donors (Lipinski definition) is 1. The second-order valence-corrected chi connectivity index (χ2v) is 7.32. The van der Waals surface area contributed by atoms with Gasteiger partial charge in [0.25, 0.3) is 0 Å². The van der Waals surface area contributed by atoms with Crippen molar-refractivity contribution in [1.29, 1.82) is 0 Å². The van der Waals surface area contributed by atoms with Crippen LogP contribution in [-0.4, -0.2) is 34.8 Å². The third-order valence-electron chi connectivity index (χ3n) is 3.48. The van der Waals surface area contributed by atoms with E-state index in [1.165, 1.54) is 19.2 Å². The molecule has 0 aliphatic carbocycles. The van der Waals surface area contributed by atoms with Crippen molar-refractivity contribution in [3.8, 4) is 17.2 Å². The molecule has 1 aliphatic heterocycles. The quantitative estimate of drug-likeness (QED) is 0.876. The first-order valence-electron chi connectivity index (χ1n) is 7.21. The fourth-order valence-electron chi connectivity index (χ4n) is 2.30. The van der Waals surface area contributed by atoms with Crippen molar-refractivity contribution >= 4 is 21.6 Å². The van der Waals surface area contributed by atoms with E-state index in [1.54, 1.807) is 18.2 Å². The van der Waals surface area contributed by atoms with Crippen LogP contribution in [0.25, 0.3) is 0 Å². The van der Waals surface area contributed by atoms with E-state index >= 15 is 0 Å². The molecular formula is C16H16ClNO5S. The van der Waals surface area contributed by atoms with Gasteiger partial charge in [0.05, 0.1) is 13.7 Å². The van der Waals surface area contributed by atoms with Crippen LogP contribution in [0.15, 0.2) is 47.4 Å². The normalized spacial score (nSPS) is 16.7. The van der Waals surface area contributed by atoms with E-state index < -0.39 is 16.1 Å². The van der Waals surface area contributed by atoms with Gasteiger partial charge in [-0.05, 0) is 30.3 Å². The minimum Gasteiger partial charge on any atom is -0.495 e. The number of para-hydroxylation sites is 2. The smallest absolute Gasteiger partial charge is 0.244 e. The first kappa shape index (κ1) is 16.9. The van der Waals surface area contributed by atoms with Crippen LogP contribution in [0.2, 0.25) is 5.02 Å². The number of ether oxygens (including phenoxy) is 3. The Balaban J connectivity index is 1.72. The van der Waals surface area contributed by atoms with Gasteiger partial charge in [-0.2, -0.15) is 0 Å². The number of hydrogen-bond acceptors (Lipinski definition) is 5. The number of fused-ring (bicyclic) bond motifs is 1. The number of methoxy groups -OCH3 is 1. The van der Waals surface area contributed by atoms with Crippen LogP contribution < -0.4 is 18.9 Å². The Hall–Kier alpha value is -1.96. The van der Waals surface area contributed by atoms with Gasteiger partial charge in [0.2, 0.25) is 10.0 Å². The molecule has 0 radical (unpaired) electrons. The number of nitrogens with one attached hydrogen (secondary N) is 1. The molecule has 1 N–H and O–H groups in total. The summed E-state index contributed by atoms with van der Waals surface area (Å²) < 4.78 is 43.9. The van der Waals surface area contributed by atoms with Crippen LogP contribution in [0.5, 0.6) is 17.2 Å². The molecule has 0 aromatic heterocycles. The van der Waals surface area contributed by atoms with Gasteiger partial charge in [-0.1, -0.05) is 23.7 Å². The molecule has 1 atom stereocenters. The summed E-state index contributed by atoms with van der Waals surface area (Å²) >= 11 is 5.89. The van der Waals surface area contributed by atoms with Gasteiger partial charge < -0.3 is 14.2 Å². The number of halogens is 1. The molecule has 6 nitrogen and oxygen atoms in total. The minimum absolute atomic E-state index is 0.0189. The van der Waals surface area contributed by atoms with Crippen LogP contribution in [-0.2, 0) is 10.0 Å². The van der Waals surface area contributed by atoms with Gasteiger partial charge >= 0.3 is 0 Å². The number of rotatable bonds is 5. The maximum absolute atomic E-state index is 12.5. The molecule has 24 heavy (non-hydrogen) atoms. The molecule has 0 fully saturated rings. The monoisotopic (exact) mass is 369 g/mol. The van der Waals surface area contributed by atoms with Crippen LogP contribution in [0.4, 0.5) is 0 Å². The van der Waals surface area contributed by atoms with Gasteiger partial charge in [0, 0.05) is 5.02 Å². The third-order valence-corrected chi connectivity index (χ3v) is 5.16. The lowest BCUT2D eigenvalue weighted by atomic mass is 10.2. The molecule has 3 rings (SSSR count). The summed E-state index contributed by atoms with van der Waals surface area (Å²) in [4.78, 5) is -0.0189. The summed E-state index contributed by atoms with van der Waals surface area (Å²) in [6.07, 6.45) is -0.431. The molecule has 8 heteroatoms. The molecule has 0 unspecified atom stereocenters. The van der Waals surface area contributed by atoms with E-state index in [9.17, 15) is 8.42 Å². The largest absolute Gasteiger partial charge is 0.495 e. The molecule has 0 saturated carbocycles. The molecule has 1 aliphatic rings. The van der Waals surface area contributed by atoms with Crippen molar-refractivity contribution in [3.63, 3.8) is 0 Å². The average molecular weight is 370 g/mol. The van der Waals surface area contributed by atoms with Crippen LogP contribution in [0.3, 0.4) is 0 Å². The van der Waals surface area contributed by atoms with Gasteiger partial charge in [-0.3, -0.25) is 0 Å². The Labute approximate surface area is 145 Å². The van der Waals surface area contributed by atoms with Crippen LogP contribution >= 0.6 is 11.6 Å². The molecule has 1 heterocycles. The van der Waals surface area contributed by atoms with Gasteiger partial charge in [-0.25, -0.2) is 13.1 Å². The Kier molecular flexibility index (Phi) is 4.84. The van der Waals surface area contributed by atoms with Crippen molar-refractivity contribution in [2.45, 2.75) is 11.0 Å². The first-order chi connectivity index (χ1) is 11.5. The lowest BCUT2D eigenvalue weighted by Crippen LogP contribution is -2.40. The Morgan fingerprint density at radius 3 is 2.75 bits per heavy atom. The zero-order valence-electron chi connectivity index (χ0n) is 12.9. The van der Waals surface area contributed by atoms with Crippen molar-refractivity contribution in [3.05, 3.63) is 47.5 Å². The molecular weight excluding hydrogens is 354 g/mol. The van der Waals surface area contributed by atoms with E-state index in [0.717, 1.165) is 0 Å². The van der Waals surface area contributed by atoms with Crippen molar-refractivity contribution < 1.29 is 22.6 Å². The average Bonchev–Trinajstić information content (AvgIpc) is 2.60. The van der Waals surface area contributed by atoms with E-state index in [2.05, 4.69) is 4.72 Å². The predicted octanol–water partition coefficient (Wildman–Crippen LogP) is 2.47. The Morgan fingerprint density at radius 1 is 1.25 bits per heavy atom. The highest BCUT2D eigenvalue weighted by Gasteiger charge is 2.25. The lowest BCUT2D eigenvalue weighted by molar-refractivity contribution is 0.0943. The Morgan fingerprint density at radius 2 is 2.00 bits per heavy atom. The standard InChI is InChI=1S/C16H16ClNO5S/c1-21-15-7-6-11(17)8-16(15)24(19,20)18-9-12-10-22-13-4-2-3-5-14(13)23-12/h2-8,12,18H,9-10H2,1H3/t12-/m0/s1. The Bertz CT molecular complexity index is 840. The summed E-state index contributed by atoms with van der Waals surface area (Å²) in [6, 6.07) is 11.7. The second kappa shape index (κ2) is 6.88. The van der Waals surface area contributed by atoms with Crippen molar-refractivity contribution in [2.24, 2.45) is 0 Å². The topological polar surface area (TPSA) is 73.9 Å². The number of sulfonamides is 1. The molecule has 0 spiro atoms. The molecule has 128 valence electrons. The maximum Gasteiger partial charge on any atom is 0.244 e. The van der Waals surface area contributed by atoms with E-state index in [-0.39, 0.29) is 23.8 Å². The van der Waals surface area contributed by atoms with E-state index in [1.807, 2.05) is 12.1 Å². The van der Waals surface area contributed by atoms with Gasteiger partial charge in [0.15, 0.2) is 11.5 Å². The molecule has 0 saturated heterocycles.